The zero-order valence-corrected chi connectivity index (χ0v) is 10.5. The molecule has 0 unspecified atom stereocenters. The first-order valence-electron chi connectivity index (χ1n) is 4.90. The van der Waals surface area contributed by atoms with Gasteiger partial charge in [0.05, 0.1) is 16.2 Å². The normalized spacial score (nSPS) is 12.8. The van der Waals surface area contributed by atoms with Gasteiger partial charge in [0.25, 0.3) is 0 Å². The van der Waals surface area contributed by atoms with E-state index in [0.717, 1.165) is 11.8 Å². The molecule has 0 saturated carbocycles. The van der Waals surface area contributed by atoms with Crippen LogP contribution in [0.3, 0.4) is 0 Å². The molecule has 5 heteroatoms. The largest absolute Gasteiger partial charge is 0.398 e. The molecule has 90 valence electrons. The summed E-state index contributed by atoms with van der Waals surface area (Å²) in [6.07, 6.45) is 1.50. The number of nitrogen functional groups attached to an aromatic ring is 1. The van der Waals surface area contributed by atoms with E-state index < -0.39 is 15.4 Å². The van der Waals surface area contributed by atoms with Crippen molar-refractivity contribution in [2.24, 2.45) is 0 Å². The molecule has 0 saturated heterocycles. The summed E-state index contributed by atoms with van der Waals surface area (Å²) in [6, 6.07) is 4.79. The minimum atomic E-state index is -3.32. The van der Waals surface area contributed by atoms with Crippen LogP contribution in [0.15, 0.2) is 23.1 Å². The summed E-state index contributed by atoms with van der Waals surface area (Å²) >= 11 is 0. The molecule has 1 rings (SSSR count). The van der Waals surface area contributed by atoms with Crippen LogP contribution in [0.5, 0.6) is 0 Å². The molecule has 0 spiro atoms. The van der Waals surface area contributed by atoms with E-state index in [2.05, 4.69) is 0 Å². The molecule has 0 aliphatic carbocycles. The van der Waals surface area contributed by atoms with Crippen LogP contribution in [-0.4, -0.2) is 25.4 Å². The van der Waals surface area contributed by atoms with Crippen molar-refractivity contribution in [1.82, 2.24) is 0 Å². The molecule has 16 heavy (non-hydrogen) atoms. The van der Waals surface area contributed by atoms with Gasteiger partial charge >= 0.3 is 0 Å². The number of aliphatic hydroxyl groups is 1. The predicted molar refractivity (Wildman–Crippen MR) is 64.0 cm³/mol. The Morgan fingerprint density at radius 1 is 1.38 bits per heavy atom. The minimum Gasteiger partial charge on any atom is -0.398 e. The number of benzene rings is 1. The number of rotatable bonds is 3. The van der Waals surface area contributed by atoms with Crippen LogP contribution in [0.2, 0.25) is 0 Å². The van der Waals surface area contributed by atoms with Crippen molar-refractivity contribution in [1.29, 1.82) is 0 Å². The van der Waals surface area contributed by atoms with E-state index in [1.54, 1.807) is 26.0 Å². The molecule has 0 heterocycles. The van der Waals surface area contributed by atoms with Crippen LogP contribution >= 0.6 is 0 Å². The third kappa shape index (κ3) is 3.50. The maximum absolute atomic E-state index is 11.4. The van der Waals surface area contributed by atoms with Crippen molar-refractivity contribution in [3.05, 3.63) is 23.8 Å². The van der Waals surface area contributed by atoms with Gasteiger partial charge in [-0.05, 0) is 31.5 Å². The molecule has 0 aliphatic rings. The molecule has 0 aromatic heterocycles. The maximum Gasteiger partial charge on any atom is 0.177 e. The zero-order valence-electron chi connectivity index (χ0n) is 9.69. The van der Waals surface area contributed by atoms with Crippen molar-refractivity contribution >= 4 is 15.5 Å². The Hall–Kier alpha value is -1.07. The van der Waals surface area contributed by atoms with E-state index >= 15 is 0 Å². The third-order valence-electron chi connectivity index (χ3n) is 2.11. The molecule has 4 nitrogen and oxygen atoms in total. The summed E-state index contributed by atoms with van der Waals surface area (Å²) in [7, 11) is -3.32. The highest BCUT2D eigenvalue weighted by Crippen LogP contribution is 2.22. The summed E-state index contributed by atoms with van der Waals surface area (Å²) < 4.78 is 22.9. The molecule has 0 bridgehead atoms. The first-order valence-corrected chi connectivity index (χ1v) is 6.79. The molecular formula is C11H17NO3S. The lowest BCUT2D eigenvalue weighted by Gasteiger charge is -2.17. The standard InChI is InChI=1S/C11H17NO3S/c1-11(2,13)7-8-4-5-9(12)10(6-8)16(3,14)15/h4-6,13H,7,12H2,1-3H3. The lowest BCUT2D eigenvalue weighted by Crippen LogP contribution is -2.22. The fourth-order valence-electron chi connectivity index (χ4n) is 1.51. The van der Waals surface area contributed by atoms with Gasteiger partial charge in [0.1, 0.15) is 0 Å². The van der Waals surface area contributed by atoms with Crippen molar-refractivity contribution in [2.75, 3.05) is 12.0 Å². The van der Waals surface area contributed by atoms with Crippen LogP contribution < -0.4 is 5.73 Å². The SMILES string of the molecule is CC(C)(O)Cc1ccc(N)c(S(C)(=O)=O)c1. The third-order valence-corrected chi connectivity index (χ3v) is 3.27. The fourth-order valence-corrected chi connectivity index (χ4v) is 2.37. The van der Waals surface area contributed by atoms with Crippen molar-refractivity contribution in [3.63, 3.8) is 0 Å². The van der Waals surface area contributed by atoms with Crippen LogP contribution in [0.1, 0.15) is 19.4 Å². The van der Waals surface area contributed by atoms with Crippen molar-refractivity contribution in [2.45, 2.75) is 30.8 Å². The second kappa shape index (κ2) is 4.07. The number of hydrogen-bond acceptors (Lipinski definition) is 4. The Morgan fingerprint density at radius 3 is 2.38 bits per heavy atom. The van der Waals surface area contributed by atoms with Gasteiger partial charge in [0.15, 0.2) is 9.84 Å². The van der Waals surface area contributed by atoms with Crippen molar-refractivity contribution in [3.8, 4) is 0 Å². The van der Waals surface area contributed by atoms with Crippen LogP contribution in [0.25, 0.3) is 0 Å². The van der Waals surface area contributed by atoms with Gasteiger partial charge < -0.3 is 10.8 Å². The summed E-state index contributed by atoms with van der Waals surface area (Å²) in [5.41, 5.74) is 5.72. The minimum absolute atomic E-state index is 0.120. The average Bonchev–Trinajstić information content (AvgIpc) is 2.04. The van der Waals surface area contributed by atoms with Gasteiger partial charge in [-0.2, -0.15) is 0 Å². The summed E-state index contributed by atoms with van der Waals surface area (Å²) in [6.45, 7) is 3.34. The fraction of sp³-hybridized carbons (Fsp3) is 0.455. The van der Waals surface area contributed by atoms with E-state index in [1.165, 1.54) is 6.07 Å². The smallest absolute Gasteiger partial charge is 0.177 e. The Morgan fingerprint density at radius 2 is 1.94 bits per heavy atom. The molecule has 0 amide bonds. The Balaban J connectivity index is 3.19. The molecule has 3 N–H and O–H groups in total. The quantitative estimate of drug-likeness (QED) is 0.776. The summed E-state index contributed by atoms with van der Waals surface area (Å²) in [4.78, 5) is 0.120. The maximum atomic E-state index is 11.4. The van der Waals surface area contributed by atoms with Crippen LogP contribution in [0, 0.1) is 0 Å². The average molecular weight is 243 g/mol. The van der Waals surface area contributed by atoms with Gasteiger partial charge in [0, 0.05) is 12.7 Å². The predicted octanol–water partition coefficient (Wildman–Crippen LogP) is 0.986. The summed E-state index contributed by atoms with van der Waals surface area (Å²) in [5, 5.41) is 9.65. The van der Waals surface area contributed by atoms with Gasteiger partial charge in [0.2, 0.25) is 0 Å². The lowest BCUT2D eigenvalue weighted by molar-refractivity contribution is 0.0809. The van der Waals surface area contributed by atoms with Crippen LogP contribution in [-0.2, 0) is 16.3 Å². The molecule has 1 aromatic carbocycles. The molecule has 1 aromatic rings. The Labute approximate surface area is 96.0 Å². The molecule has 0 aliphatic heterocycles. The highest BCUT2D eigenvalue weighted by atomic mass is 32.2. The highest BCUT2D eigenvalue weighted by molar-refractivity contribution is 7.90. The number of hydrogen-bond donors (Lipinski definition) is 2. The van der Waals surface area contributed by atoms with E-state index in [0.29, 0.717) is 6.42 Å². The van der Waals surface area contributed by atoms with E-state index in [1.807, 2.05) is 0 Å². The van der Waals surface area contributed by atoms with Gasteiger partial charge in [-0.25, -0.2) is 8.42 Å². The van der Waals surface area contributed by atoms with E-state index in [-0.39, 0.29) is 10.6 Å². The molecule has 0 radical (unpaired) electrons. The highest BCUT2D eigenvalue weighted by Gasteiger charge is 2.17. The van der Waals surface area contributed by atoms with Gasteiger partial charge in [-0.3, -0.25) is 0 Å². The second-order valence-electron chi connectivity index (χ2n) is 4.63. The first kappa shape index (κ1) is 13.0. The van der Waals surface area contributed by atoms with Gasteiger partial charge in [-0.1, -0.05) is 6.07 Å². The number of sulfone groups is 1. The zero-order chi connectivity index (χ0) is 12.6. The monoisotopic (exact) mass is 243 g/mol. The summed E-state index contributed by atoms with van der Waals surface area (Å²) in [5.74, 6) is 0. The number of nitrogens with two attached hydrogens (primary N) is 1. The van der Waals surface area contributed by atoms with E-state index in [4.69, 9.17) is 5.73 Å². The van der Waals surface area contributed by atoms with Gasteiger partial charge in [-0.15, -0.1) is 0 Å². The Kier molecular flexibility index (Phi) is 3.30. The first-order chi connectivity index (χ1) is 7.09. The Bertz CT molecular complexity index is 486. The molecule has 0 atom stereocenters. The van der Waals surface area contributed by atoms with E-state index in [9.17, 15) is 13.5 Å². The lowest BCUT2D eigenvalue weighted by atomic mass is 9.99. The molecule has 0 fully saturated rings. The number of anilines is 1. The molecular weight excluding hydrogens is 226 g/mol. The topological polar surface area (TPSA) is 80.4 Å². The van der Waals surface area contributed by atoms with Crippen molar-refractivity contribution < 1.29 is 13.5 Å². The van der Waals surface area contributed by atoms with Crippen LogP contribution in [0.4, 0.5) is 5.69 Å². The second-order valence-corrected chi connectivity index (χ2v) is 6.62.